The highest BCUT2D eigenvalue weighted by atomic mass is 32.1. The lowest BCUT2D eigenvalue weighted by Gasteiger charge is -2.05. The SMILES string of the molecule is O=C(Nc1cnccc1C(=O)O)c1cscn1. The van der Waals surface area contributed by atoms with Crippen LogP contribution in [-0.4, -0.2) is 27.0 Å². The second-order valence-corrected chi connectivity index (χ2v) is 3.77. The number of carboxylic acid groups (broad SMARTS) is 1. The first-order valence-corrected chi connectivity index (χ1v) is 5.49. The van der Waals surface area contributed by atoms with Crippen LogP contribution in [0.4, 0.5) is 5.69 Å². The van der Waals surface area contributed by atoms with Crippen molar-refractivity contribution in [2.24, 2.45) is 0 Å². The predicted octanol–water partition coefficient (Wildman–Crippen LogP) is 1.49. The van der Waals surface area contributed by atoms with E-state index in [0.29, 0.717) is 0 Å². The summed E-state index contributed by atoms with van der Waals surface area (Å²) < 4.78 is 0. The highest BCUT2D eigenvalue weighted by Gasteiger charge is 2.14. The Kier molecular flexibility index (Phi) is 3.10. The Balaban J connectivity index is 2.25. The molecule has 2 aromatic rings. The predicted molar refractivity (Wildman–Crippen MR) is 61.3 cm³/mol. The Labute approximate surface area is 100.0 Å². The number of aromatic nitrogens is 2. The number of nitrogens with zero attached hydrogens (tertiary/aromatic N) is 2. The summed E-state index contributed by atoms with van der Waals surface area (Å²) in [6.45, 7) is 0. The lowest BCUT2D eigenvalue weighted by Crippen LogP contribution is -2.15. The van der Waals surface area contributed by atoms with Gasteiger partial charge in [0.1, 0.15) is 5.69 Å². The number of carboxylic acids is 1. The largest absolute Gasteiger partial charge is 0.478 e. The highest BCUT2D eigenvalue weighted by Crippen LogP contribution is 2.14. The summed E-state index contributed by atoms with van der Waals surface area (Å²) in [4.78, 5) is 30.2. The number of aromatic carboxylic acids is 1. The summed E-state index contributed by atoms with van der Waals surface area (Å²) in [6, 6.07) is 1.32. The molecule has 2 N–H and O–H groups in total. The summed E-state index contributed by atoms with van der Waals surface area (Å²) in [7, 11) is 0. The third kappa shape index (κ3) is 2.45. The van der Waals surface area contributed by atoms with Gasteiger partial charge in [-0.2, -0.15) is 0 Å². The number of carbonyl (C=O) groups excluding carboxylic acids is 1. The molecule has 0 aliphatic heterocycles. The number of nitrogens with one attached hydrogen (secondary N) is 1. The number of hydrogen-bond acceptors (Lipinski definition) is 5. The van der Waals surface area contributed by atoms with Crippen LogP contribution in [-0.2, 0) is 0 Å². The van der Waals surface area contributed by atoms with Gasteiger partial charge >= 0.3 is 5.97 Å². The molecule has 0 radical (unpaired) electrons. The van der Waals surface area contributed by atoms with E-state index in [2.05, 4.69) is 15.3 Å². The van der Waals surface area contributed by atoms with E-state index in [-0.39, 0.29) is 16.9 Å². The molecule has 0 spiro atoms. The molecule has 17 heavy (non-hydrogen) atoms. The summed E-state index contributed by atoms with van der Waals surface area (Å²) in [5, 5.41) is 12.9. The number of thiazole rings is 1. The summed E-state index contributed by atoms with van der Waals surface area (Å²) in [6.07, 6.45) is 2.63. The maximum Gasteiger partial charge on any atom is 0.337 e. The van der Waals surface area contributed by atoms with Crippen LogP contribution in [0.3, 0.4) is 0 Å². The zero-order valence-corrected chi connectivity index (χ0v) is 9.27. The van der Waals surface area contributed by atoms with Crippen LogP contribution >= 0.6 is 11.3 Å². The number of hydrogen-bond donors (Lipinski definition) is 2. The van der Waals surface area contributed by atoms with Gasteiger partial charge in [0.15, 0.2) is 0 Å². The Bertz CT molecular complexity index is 554. The Hall–Kier alpha value is -2.28. The van der Waals surface area contributed by atoms with E-state index in [1.807, 2.05) is 0 Å². The molecule has 2 heterocycles. The van der Waals surface area contributed by atoms with Crippen molar-refractivity contribution in [2.45, 2.75) is 0 Å². The van der Waals surface area contributed by atoms with E-state index in [1.54, 1.807) is 5.38 Å². The van der Waals surface area contributed by atoms with E-state index in [1.165, 1.54) is 35.3 Å². The number of rotatable bonds is 3. The van der Waals surface area contributed by atoms with Gasteiger partial charge < -0.3 is 10.4 Å². The van der Waals surface area contributed by atoms with Gasteiger partial charge in [-0.05, 0) is 6.07 Å². The molecule has 0 atom stereocenters. The minimum absolute atomic E-state index is 0.0106. The third-order valence-electron chi connectivity index (χ3n) is 1.96. The molecule has 7 heteroatoms. The van der Waals surface area contributed by atoms with Gasteiger partial charge in [-0.3, -0.25) is 9.78 Å². The Morgan fingerprint density at radius 2 is 2.24 bits per heavy atom. The third-order valence-corrected chi connectivity index (χ3v) is 2.55. The van der Waals surface area contributed by atoms with Crippen molar-refractivity contribution in [2.75, 3.05) is 5.32 Å². The molecule has 0 unspecified atom stereocenters. The van der Waals surface area contributed by atoms with Crippen LogP contribution in [0.5, 0.6) is 0 Å². The quantitative estimate of drug-likeness (QED) is 0.859. The van der Waals surface area contributed by atoms with E-state index in [0.717, 1.165) is 0 Å². The fourth-order valence-corrected chi connectivity index (χ4v) is 1.72. The minimum atomic E-state index is -1.12. The van der Waals surface area contributed by atoms with Crippen molar-refractivity contribution in [1.82, 2.24) is 9.97 Å². The first-order chi connectivity index (χ1) is 8.18. The molecule has 6 nitrogen and oxygen atoms in total. The molecule has 0 saturated carbocycles. The average Bonchev–Trinajstić information content (AvgIpc) is 2.83. The lowest BCUT2D eigenvalue weighted by atomic mass is 10.2. The summed E-state index contributed by atoms with van der Waals surface area (Å²) in [5.74, 6) is -1.58. The van der Waals surface area contributed by atoms with Crippen molar-refractivity contribution in [1.29, 1.82) is 0 Å². The van der Waals surface area contributed by atoms with Gasteiger partial charge in [-0.1, -0.05) is 0 Å². The first kappa shape index (κ1) is 11.2. The molecule has 0 aromatic carbocycles. The van der Waals surface area contributed by atoms with Crippen LogP contribution in [0.25, 0.3) is 0 Å². The molecular weight excluding hydrogens is 242 g/mol. The molecular formula is C10H7N3O3S. The standard InChI is InChI=1S/C10H7N3O3S/c14-9(8-4-17-5-12-8)13-7-3-11-2-1-6(7)10(15)16/h1-5H,(H,13,14)(H,15,16). The number of anilines is 1. The normalized spacial score (nSPS) is 9.88. The van der Waals surface area contributed by atoms with Crippen LogP contribution in [0.2, 0.25) is 0 Å². The monoisotopic (exact) mass is 249 g/mol. The van der Waals surface area contributed by atoms with E-state index < -0.39 is 11.9 Å². The number of carbonyl (C=O) groups is 2. The lowest BCUT2D eigenvalue weighted by molar-refractivity contribution is 0.0698. The fourth-order valence-electron chi connectivity index (χ4n) is 1.19. The summed E-state index contributed by atoms with van der Waals surface area (Å²) >= 11 is 1.29. The van der Waals surface area contributed by atoms with E-state index >= 15 is 0 Å². The van der Waals surface area contributed by atoms with E-state index in [9.17, 15) is 9.59 Å². The molecule has 0 aliphatic rings. The topological polar surface area (TPSA) is 92.2 Å². The molecule has 0 fully saturated rings. The molecule has 1 amide bonds. The second kappa shape index (κ2) is 4.71. The highest BCUT2D eigenvalue weighted by molar-refractivity contribution is 7.07. The van der Waals surface area contributed by atoms with Crippen molar-refractivity contribution in [3.8, 4) is 0 Å². The Morgan fingerprint density at radius 1 is 1.41 bits per heavy atom. The van der Waals surface area contributed by atoms with Crippen molar-refractivity contribution in [3.63, 3.8) is 0 Å². The maximum atomic E-state index is 11.7. The van der Waals surface area contributed by atoms with Crippen LogP contribution in [0.15, 0.2) is 29.4 Å². The molecule has 86 valence electrons. The van der Waals surface area contributed by atoms with Crippen molar-refractivity contribution < 1.29 is 14.7 Å². The molecule has 0 saturated heterocycles. The van der Waals surface area contributed by atoms with Gasteiger partial charge in [-0.25, -0.2) is 9.78 Å². The first-order valence-electron chi connectivity index (χ1n) is 4.55. The number of amides is 1. The van der Waals surface area contributed by atoms with E-state index in [4.69, 9.17) is 5.11 Å². The zero-order chi connectivity index (χ0) is 12.3. The van der Waals surface area contributed by atoms with Crippen LogP contribution in [0, 0.1) is 0 Å². The molecule has 2 aromatic heterocycles. The number of pyridine rings is 1. The minimum Gasteiger partial charge on any atom is -0.478 e. The van der Waals surface area contributed by atoms with Crippen molar-refractivity contribution >= 4 is 28.9 Å². The van der Waals surface area contributed by atoms with Crippen LogP contribution < -0.4 is 5.32 Å². The molecule has 0 aliphatic carbocycles. The van der Waals surface area contributed by atoms with Gasteiger partial charge in [0.05, 0.1) is 23.0 Å². The summed E-state index contributed by atoms with van der Waals surface area (Å²) in [5.41, 5.74) is 1.91. The molecule has 2 rings (SSSR count). The van der Waals surface area contributed by atoms with Crippen molar-refractivity contribution in [3.05, 3.63) is 40.6 Å². The van der Waals surface area contributed by atoms with Crippen LogP contribution in [0.1, 0.15) is 20.8 Å². The second-order valence-electron chi connectivity index (χ2n) is 3.05. The van der Waals surface area contributed by atoms with Gasteiger partial charge in [0.2, 0.25) is 0 Å². The fraction of sp³-hybridized carbons (Fsp3) is 0. The average molecular weight is 249 g/mol. The van der Waals surface area contributed by atoms with Gasteiger partial charge in [-0.15, -0.1) is 11.3 Å². The van der Waals surface area contributed by atoms with Gasteiger partial charge in [0, 0.05) is 11.6 Å². The zero-order valence-electron chi connectivity index (χ0n) is 8.45. The smallest absolute Gasteiger partial charge is 0.337 e. The van der Waals surface area contributed by atoms with Gasteiger partial charge in [0.25, 0.3) is 5.91 Å². The molecule has 0 bridgehead atoms. The Morgan fingerprint density at radius 3 is 2.88 bits per heavy atom. The maximum absolute atomic E-state index is 11.7.